The van der Waals surface area contributed by atoms with Gasteiger partial charge in [-0.1, -0.05) is 0 Å². The molecule has 1 aromatic rings. The summed E-state index contributed by atoms with van der Waals surface area (Å²) >= 11 is 0. The molecule has 0 amide bonds. The summed E-state index contributed by atoms with van der Waals surface area (Å²) in [5, 5.41) is 18.9. The Morgan fingerprint density at radius 3 is 3.18 bits per heavy atom. The van der Waals surface area contributed by atoms with Crippen molar-refractivity contribution in [2.75, 3.05) is 31.3 Å². The molecule has 1 saturated heterocycles. The molecule has 2 N–H and O–H groups in total. The predicted molar refractivity (Wildman–Crippen MR) is 63.9 cm³/mol. The fourth-order valence-electron chi connectivity index (χ4n) is 1.96. The molecule has 2 unspecified atom stereocenters. The molecule has 17 heavy (non-hydrogen) atoms. The summed E-state index contributed by atoms with van der Waals surface area (Å²) < 4.78 is 5.32. The second-order valence-electron chi connectivity index (χ2n) is 4.23. The van der Waals surface area contributed by atoms with Crippen LogP contribution in [-0.2, 0) is 4.74 Å². The predicted octanol–water partition coefficient (Wildman–Crippen LogP) is 0.332. The number of aliphatic hydroxyl groups is 2. The van der Waals surface area contributed by atoms with Gasteiger partial charge in [0, 0.05) is 12.7 Å². The minimum Gasteiger partial charge on any atom is -0.394 e. The summed E-state index contributed by atoms with van der Waals surface area (Å²) in [7, 11) is 0. The maximum Gasteiger partial charge on any atom is 0.129 e. The standard InChI is InChI=1S/C12H18N2O3/c1-9(16)10-2-3-13-12(6-10)14-4-5-17-8-11(14)7-15/h2-3,6,9,11,15-16H,4-5,7-8H2,1H3. The van der Waals surface area contributed by atoms with Crippen molar-refractivity contribution in [3.05, 3.63) is 23.9 Å². The molecule has 0 aliphatic carbocycles. The number of hydrogen-bond donors (Lipinski definition) is 2. The van der Waals surface area contributed by atoms with Crippen LogP contribution in [0.25, 0.3) is 0 Å². The number of aromatic nitrogens is 1. The van der Waals surface area contributed by atoms with Gasteiger partial charge in [-0.25, -0.2) is 4.98 Å². The number of rotatable bonds is 3. The van der Waals surface area contributed by atoms with Gasteiger partial charge in [0.2, 0.25) is 0 Å². The van der Waals surface area contributed by atoms with Crippen LogP contribution in [0, 0.1) is 0 Å². The molecule has 2 atom stereocenters. The summed E-state index contributed by atoms with van der Waals surface area (Å²) in [5.41, 5.74) is 0.832. The van der Waals surface area contributed by atoms with E-state index in [4.69, 9.17) is 4.74 Å². The second kappa shape index (κ2) is 5.44. The molecule has 0 saturated carbocycles. The first-order chi connectivity index (χ1) is 8.22. The normalized spacial score (nSPS) is 22.5. The first kappa shape index (κ1) is 12.3. The SMILES string of the molecule is CC(O)c1ccnc(N2CCOCC2CO)c1. The van der Waals surface area contributed by atoms with Gasteiger partial charge in [0.1, 0.15) is 5.82 Å². The maximum absolute atomic E-state index is 9.55. The molecule has 1 aliphatic rings. The zero-order chi connectivity index (χ0) is 12.3. The molecule has 2 rings (SSSR count). The molecule has 1 fully saturated rings. The van der Waals surface area contributed by atoms with E-state index < -0.39 is 6.10 Å². The minimum atomic E-state index is -0.509. The van der Waals surface area contributed by atoms with E-state index in [-0.39, 0.29) is 12.6 Å². The number of anilines is 1. The monoisotopic (exact) mass is 238 g/mol. The largest absolute Gasteiger partial charge is 0.394 e. The van der Waals surface area contributed by atoms with Gasteiger partial charge >= 0.3 is 0 Å². The van der Waals surface area contributed by atoms with Crippen molar-refractivity contribution in [1.29, 1.82) is 0 Å². The van der Waals surface area contributed by atoms with E-state index in [0.29, 0.717) is 19.8 Å². The van der Waals surface area contributed by atoms with E-state index in [9.17, 15) is 10.2 Å². The number of aliphatic hydroxyl groups excluding tert-OH is 2. The van der Waals surface area contributed by atoms with Crippen molar-refractivity contribution in [1.82, 2.24) is 4.98 Å². The number of hydrogen-bond acceptors (Lipinski definition) is 5. The van der Waals surface area contributed by atoms with E-state index >= 15 is 0 Å². The van der Waals surface area contributed by atoms with E-state index in [1.54, 1.807) is 19.2 Å². The zero-order valence-electron chi connectivity index (χ0n) is 9.91. The fourth-order valence-corrected chi connectivity index (χ4v) is 1.96. The van der Waals surface area contributed by atoms with E-state index in [2.05, 4.69) is 4.98 Å². The van der Waals surface area contributed by atoms with Gasteiger partial charge in [-0.05, 0) is 24.6 Å². The summed E-state index contributed by atoms with van der Waals surface area (Å²) in [6, 6.07) is 3.60. The Kier molecular flexibility index (Phi) is 3.93. The van der Waals surface area contributed by atoms with Gasteiger partial charge in [-0.3, -0.25) is 0 Å². The number of ether oxygens (including phenoxy) is 1. The first-order valence-electron chi connectivity index (χ1n) is 5.81. The van der Waals surface area contributed by atoms with Crippen molar-refractivity contribution in [3.8, 4) is 0 Å². The smallest absolute Gasteiger partial charge is 0.129 e. The maximum atomic E-state index is 9.55. The van der Waals surface area contributed by atoms with E-state index in [1.165, 1.54) is 0 Å². The van der Waals surface area contributed by atoms with Gasteiger partial charge in [0.15, 0.2) is 0 Å². The van der Waals surface area contributed by atoms with Crippen molar-refractivity contribution >= 4 is 5.82 Å². The van der Waals surface area contributed by atoms with Gasteiger partial charge < -0.3 is 19.8 Å². The van der Waals surface area contributed by atoms with Crippen molar-refractivity contribution in [3.63, 3.8) is 0 Å². The molecule has 0 radical (unpaired) electrons. The summed E-state index contributed by atoms with van der Waals surface area (Å²) in [6.07, 6.45) is 1.17. The summed E-state index contributed by atoms with van der Waals surface area (Å²) in [5.74, 6) is 0.783. The Morgan fingerprint density at radius 1 is 1.65 bits per heavy atom. The van der Waals surface area contributed by atoms with Crippen LogP contribution in [-0.4, -0.2) is 47.6 Å². The zero-order valence-corrected chi connectivity index (χ0v) is 9.91. The third kappa shape index (κ3) is 2.74. The van der Waals surface area contributed by atoms with Crippen molar-refractivity contribution in [2.24, 2.45) is 0 Å². The van der Waals surface area contributed by atoms with Crippen LogP contribution in [0.1, 0.15) is 18.6 Å². The van der Waals surface area contributed by atoms with Gasteiger partial charge in [0.05, 0.1) is 32.0 Å². The Hall–Kier alpha value is -1.17. The van der Waals surface area contributed by atoms with Crippen LogP contribution in [0.2, 0.25) is 0 Å². The third-order valence-electron chi connectivity index (χ3n) is 2.98. The van der Waals surface area contributed by atoms with Crippen LogP contribution < -0.4 is 4.90 Å². The molecule has 0 spiro atoms. The van der Waals surface area contributed by atoms with Crippen LogP contribution >= 0.6 is 0 Å². The first-order valence-corrected chi connectivity index (χ1v) is 5.81. The number of nitrogens with zero attached hydrogens (tertiary/aromatic N) is 2. The van der Waals surface area contributed by atoms with Crippen molar-refractivity contribution in [2.45, 2.75) is 19.1 Å². The second-order valence-corrected chi connectivity index (χ2v) is 4.23. The highest BCUT2D eigenvalue weighted by atomic mass is 16.5. The van der Waals surface area contributed by atoms with Crippen LogP contribution in [0.15, 0.2) is 18.3 Å². The van der Waals surface area contributed by atoms with Gasteiger partial charge in [-0.2, -0.15) is 0 Å². The van der Waals surface area contributed by atoms with Crippen LogP contribution in [0.4, 0.5) is 5.82 Å². The average Bonchev–Trinajstić information content (AvgIpc) is 2.39. The quantitative estimate of drug-likeness (QED) is 0.794. The van der Waals surface area contributed by atoms with Gasteiger partial charge in [0.25, 0.3) is 0 Å². The lowest BCUT2D eigenvalue weighted by molar-refractivity contribution is 0.0722. The molecule has 94 valence electrons. The topological polar surface area (TPSA) is 65.8 Å². The summed E-state index contributed by atoms with van der Waals surface area (Å²) in [6.45, 7) is 3.62. The molecule has 1 aromatic heterocycles. The molecule has 1 aliphatic heterocycles. The fraction of sp³-hybridized carbons (Fsp3) is 0.583. The Balaban J connectivity index is 2.22. The Labute approximate surface area is 101 Å². The third-order valence-corrected chi connectivity index (χ3v) is 2.98. The lowest BCUT2D eigenvalue weighted by Crippen LogP contribution is -2.48. The lowest BCUT2D eigenvalue weighted by Gasteiger charge is -2.35. The Morgan fingerprint density at radius 2 is 2.47 bits per heavy atom. The molecular weight excluding hydrogens is 220 g/mol. The van der Waals surface area contributed by atoms with E-state index in [1.807, 2.05) is 11.0 Å². The highest BCUT2D eigenvalue weighted by molar-refractivity contribution is 5.43. The molecule has 0 aromatic carbocycles. The average molecular weight is 238 g/mol. The number of pyridine rings is 1. The molecular formula is C12H18N2O3. The van der Waals surface area contributed by atoms with Crippen LogP contribution in [0.5, 0.6) is 0 Å². The van der Waals surface area contributed by atoms with Gasteiger partial charge in [-0.15, -0.1) is 0 Å². The highest BCUT2D eigenvalue weighted by Crippen LogP contribution is 2.21. The Bertz CT molecular complexity index is 371. The minimum absolute atomic E-state index is 0.0422. The molecule has 2 heterocycles. The summed E-state index contributed by atoms with van der Waals surface area (Å²) in [4.78, 5) is 6.32. The van der Waals surface area contributed by atoms with Crippen molar-refractivity contribution < 1.29 is 14.9 Å². The molecule has 0 bridgehead atoms. The number of morpholine rings is 1. The molecule has 5 nitrogen and oxygen atoms in total. The highest BCUT2D eigenvalue weighted by Gasteiger charge is 2.23. The van der Waals surface area contributed by atoms with E-state index in [0.717, 1.165) is 11.4 Å². The van der Waals surface area contributed by atoms with Crippen LogP contribution in [0.3, 0.4) is 0 Å². The lowest BCUT2D eigenvalue weighted by atomic mass is 10.1. The molecule has 5 heteroatoms.